The first-order valence-electron chi connectivity index (χ1n) is 7.74. The molecule has 1 saturated carbocycles. The molecule has 0 unspecified atom stereocenters. The summed E-state index contributed by atoms with van der Waals surface area (Å²) in [7, 11) is 5.15. The number of hydrogen-bond donors (Lipinski definition) is 2. The van der Waals surface area contributed by atoms with E-state index in [-0.39, 0.29) is 12.5 Å². The molecule has 1 rings (SSSR count). The molecule has 0 aromatic heterocycles. The number of carbonyl (C=O) groups excluding carboxylic acids is 1. The zero-order valence-corrected chi connectivity index (χ0v) is 13.9. The minimum Gasteiger partial charge on any atom is -0.383 e. The van der Waals surface area contributed by atoms with E-state index >= 15 is 0 Å². The van der Waals surface area contributed by atoms with Crippen molar-refractivity contribution in [3.05, 3.63) is 0 Å². The number of amides is 1. The van der Waals surface area contributed by atoms with Crippen LogP contribution in [0.2, 0.25) is 0 Å². The van der Waals surface area contributed by atoms with Crippen molar-refractivity contribution in [3.8, 4) is 0 Å². The topological polar surface area (TPSA) is 66.0 Å². The quantitative estimate of drug-likeness (QED) is 0.396. The SMILES string of the molecule is CCC1(CNC(=NCC(=O)N(C)C)NCCOC)CCC1. The number of ether oxygens (including phenoxy) is 1. The van der Waals surface area contributed by atoms with Crippen LogP contribution in [-0.4, -0.2) is 64.2 Å². The van der Waals surface area contributed by atoms with E-state index < -0.39 is 0 Å². The lowest BCUT2D eigenvalue weighted by Gasteiger charge is -2.41. The van der Waals surface area contributed by atoms with Crippen LogP contribution in [0.4, 0.5) is 0 Å². The number of likely N-dealkylation sites (N-methyl/N-ethyl adjacent to an activating group) is 1. The van der Waals surface area contributed by atoms with Crippen LogP contribution < -0.4 is 10.6 Å². The summed E-state index contributed by atoms with van der Waals surface area (Å²) in [6.07, 6.45) is 5.05. The van der Waals surface area contributed by atoms with Gasteiger partial charge in [0.05, 0.1) is 6.61 Å². The highest BCUT2D eigenvalue weighted by Crippen LogP contribution is 2.42. The number of nitrogens with one attached hydrogen (secondary N) is 2. The van der Waals surface area contributed by atoms with Gasteiger partial charge in [-0.25, -0.2) is 4.99 Å². The van der Waals surface area contributed by atoms with Gasteiger partial charge in [-0.15, -0.1) is 0 Å². The summed E-state index contributed by atoms with van der Waals surface area (Å²) < 4.78 is 5.03. The Bertz CT molecular complexity index is 346. The van der Waals surface area contributed by atoms with Crippen molar-refractivity contribution in [1.29, 1.82) is 0 Å². The van der Waals surface area contributed by atoms with Gasteiger partial charge in [0, 0.05) is 34.3 Å². The Hall–Kier alpha value is -1.30. The van der Waals surface area contributed by atoms with Gasteiger partial charge in [0.25, 0.3) is 0 Å². The third-order valence-electron chi connectivity index (χ3n) is 4.26. The van der Waals surface area contributed by atoms with Crippen LogP contribution in [0.5, 0.6) is 0 Å². The van der Waals surface area contributed by atoms with Gasteiger partial charge >= 0.3 is 0 Å². The Morgan fingerprint density at radius 2 is 2.05 bits per heavy atom. The summed E-state index contributed by atoms with van der Waals surface area (Å²) in [6, 6.07) is 0. The molecule has 0 bridgehead atoms. The summed E-state index contributed by atoms with van der Waals surface area (Å²) in [5, 5.41) is 6.58. The van der Waals surface area contributed by atoms with Crippen molar-refractivity contribution in [2.45, 2.75) is 32.6 Å². The molecule has 0 aliphatic heterocycles. The van der Waals surface area contributed by atoms with E-state index in [9.17, 15) is 4.79 Å². The summed E-state index contributed by atoms with van der Waals surface area (Å²) in [5.74, 6) is 0.693. The first-order valence-corrected chi connectivity index (χ1v) is 7.74. The van der Waals surface area contributed by atoms with Crippen molar-refractivity contribution < 1.29 is 9.53 Å². The summed E-state index contributed by atoms with van der Waals surface area (Å²) >= 11 is 0. The maximum atomic E-state index is 11.6. The Morgan fingerprint density at radius 3 is 2.52 bits per heavy atom. The van der Waals surface area contributed by atoms with Crippen molar-refractivity contribution >= 4 is 11.9 Å². The molecule has 122 valence electrons. The lowest BCUT2D eigenvalue weighted by atomic mass is 9.67. The van der Waals surface area contributed by atoms with E-state index in [1.165, 1.54) is 25.7 Å². The Kier molecular flexibility index (Phi) is 7.50. The van der Waals surface area contributed by atoms with Crippen LogP contribution in [0.1, 0.15) is 32.6 Å². The van der Waals surface area contributed by atoms with Crippen LogP contribution in [-0.2, 0) is 9.53 Å². The average molecular weight is 298 g/mol. The second-order valence-electron chi connectivity index (χ2n) is 5.93. The largest absolute Gasteiger partial charge is 0.383 e. The fraction of sp³-hybridized carbons (Fsp3) is 0.867. The predicted molar refractivity (Wildman–Crippen MR) is 85.5 cm³/mol. The van der Waals surface area contributed by atoms with E-state index in [4.69, 9.17) is 4.74 Å². The zero-order valence-electron chi connectivity index (χ0n) is 13.9. The molecule has 0 atom stereocenters. The highest BCUT2D eigenvalue weighted by Gasteiger charge is 2.34. The molecule has 6 heteroatoms. The normalized spacial score (nSPS) is 17.0. The first kappa shape index (κ1) is 17.8. The van der Waals surface area contributed by atoms with Crippen LogP contribution in [0.3, 0.4) is 0 Å². The third kappa shape index (κ3) is 5.91. The molecule has 1 amide bonds. The lowest BCUT2D eigenvalue weighted by Crippen LogP contribution is -2.47. The molecule has 0 aromatic rings. The molecular formula is C15H30N4O2. The lowest BCUT2D eigenvalue weighted by molar-refractivity contribution is -0.127. The van der Waals surface area contributed by atoms with E-state index in [2.05, 4.69) is 22.5 Å². The van der Waals surface area contributed by atoms with Crippen LogP contribution in [0.25, 0.3) is 0 Å². The molecule has 0 spiro atoms. The summed E-state index contributed by atoms with van der Waals surface area (Å²) in [6.45, 7) is 4.61. The minimum atomic E-state index is -0.00306. The fourth-order valence-corrected chi connectivity index (χ4v) is 2.34. The van der Waals surface area contributed by atoms with Crippen molar-refractivity contribution in [1.82, 2.24) is 15.5 Å². The first-order chi connectivity index (χ1) is 10.0. The number of guanidine groups is 1. The molecule has 1 fully saturated rings. The highest BCUT2D eigenvalue weighted by atomic mass is 16.5. The molecule has 1 aliphatic rings. The molecule has 0 saturated heterocycles. The van der Waals surface area contributed by atoms with Gasteiger partial charge in [0.1, 0.15) is 6.54 Å². The van der Waals surface area contributed by atoms with Crippen LogP contribution in [0, 0.1) is 5.41 Å². The van der Waals surface area contributed by atoms with E-state index in [1.54, 1.807) is 26.1 Å². The Labute approximate surface area is 128 Å². The van der Waals surface area contributed by atoms with Gasteiger partial charge in [-0.05, 0) is 24.7 Å². The van der Waals surface area contributed by atoms with Gasteiger partial charge in [0.15, 0.2) is 5.96 Å². The van der Waals surface area contributed by atoms with Crippen molar-refractivity contribution in [2.75, 3.05) is 47.4 Å². The maximum absolute atomic E-state index is 11.6. The third-order valence-corrected chi connectivity index (χ3v) is 4.26. The Morgan fingerprint density at radius 1 is 1.33 bits per heavy atom. The minimum absolute atomic E-state index is 0.00306. The van der Waals surface area contributed by atoms with E-state index in [0.717, 1.165) is 6.54 Å². The molecule has 2 N–H and O–H groups in total. The van der Waals surface area contributed by atoms with Gasteiger partial charge in [0.2, 0.25) is 5.91 Å². The summed E-state index contributed by atoms with van der Waals surface area (Å²) in [5.41, 5.74) is 0.412. The van der Waals surface area contributed by atoms with Gasteiger partial charge < -0.3 is 20.3 Å². The second kappa shape index (κ2) is 8.87. The van der Waals surface area contributed by atoms with Gasteiger partial charge in [-0.1, -0.05) is 13.3 Å². The molecule has 21 heavy (non-hydrogen) atoms. The molecular weight excluding hydrogens is 268 g/mol. The maximum Gasteiger partial charge on any atom is 0.243 e. The van der Waals surface area contributed by atoms with E-state index in [0.29, 0.717) is 24.5 Å². The molecule has 0 radical (unpaired) electrons. The van der Waals surface area contributed by atoms with Gasteiger partial charge in [-0.3, -0.25) is 4.79 Å². The number of hydrogen-bond acceptors (Lipinski definition) is 3. The summed E-state index contributed by atoms with van der Waals surface area (Å²) in [4.78, 5) is 17.6. The smallest absolute Gasteiger partial charge is 0.243 e. The predicted octanol–water partition coefficient (Wildman–Crippen LogP) is 0.837. The zero-order chi connectivity index (χ0) is 15.7. The number of nitrogens with zero attached hydrogens (tertiary/aromatic N) is 2. The van der Waals surface area contributed by atoms with Crippen LogP contribution in [0.15, 0.2) is 4.99 Å². The number of aliphatic imine (C=N–C) groups is 1. The fourth-order valence-electron chi connectivity index (χ4n) is 2.34. The molecule has 0 aromatic carbocycles. The second-order valence-corrected chi connectivity index (χ2v) is 5.93. The van der Waals surface area contributed by atoms with Crippen molar-refractivity contribution in [2.24, 2.45) is 10.4 Å². The highest BCUT2D eigenvalue weighted by molar-refractivity contribution is 5.84. The molecule has 0 heterocycles. The average Bonchev–Trinajstić information content (AvgIpc) is 2.42. The number of carbonyl (C=O) groups is 1. The van der Waals surface area contributed by atoms with E-state index in [1.807, 2.05) is 0 Å². The van der Waals surface area contributed by atoms with Crippen molar-refractivity contribution in [3.63, 3.8) is 0 Å². The monoisotopic (exact) mass is 298 g/mol. The van der Waals surface area contributed by atoms with Crippen LogP contribution >= 0.6 is 0 Å². The number of methoxy groups -OCH3 is 1. The standard InChI is InChI=1S/C15H30N4O2/c1-5-15(7-6-8-15)12-18-14(16-9-10-21-4)17-11-13(20)19(2)3/h5-12H2,1-4H3,(H2,16,17,18). The van der Waals surface area contributed by atoms with Gasteiger partial charge in [-0.2, -0.15) is 0 Å². The molecule has 1 aliphatic carbocycles. The molecule has 6 nitrogen and oxygen atoms in total. The Balaban J connectivity index is 2.50. The number of rotatable bonds is 8.